The van der Waals surface area contributed by atoms with Gasteiger partial charge in [-0.1, -0.05) is 47.5 Å². The summed E-state index contributed by atoms with van der Waals surface area (Å²) in [5, 5.41) is 5.70. The van der Waals surface area contributed by atoms with Crippen LogP contribution in [0.2, 0.25) is 10.0 Å². The van der Waals surface area contributed by atoms with E-state index in [9.17, 15) is 9.59 Å². The zero-order chi connectivity index (χ0) is 25.5. The van der Waals surface area contributed by atoms with Crippen LogP contribution in [0.1, 0.15) is 20.2 Å². The van der Waals surface area contributed by atoms with E-state index in [0.29, 0.717) is 52.5 Å². The first-order chi connectivity index (χ1) is 18.0. The fourth-order valence-corrected chi connectivity index (χ4v) is 6.23. The molecule has 1 aliphatic rings. The molecule has 0 saturated carbocycles. The molecule has 3 aromatic carbocycles. The van der Waals surface area contributed by atoms with Gasteiger partial charge in [-0.3, -0.25) is 9.59 Å². The van der Waals surface area contributed by atoms with Crippen LogP contribution >= 0.6 is 34.5 Å². The number of fused-ring (bicyclic) bond motifs is 2. The van der Waals surface area contributed by atoms with E-state index < -0.39 is 0 Å². The average molecular weight is 550 g/mol. The van der Waals surface area contributed by atoms with Crippen LogP contribution in [0.15, 0.2) is 77.2 Å². The van der Waals surface area contributed by atoms with E-state index in [0.717, 1.165) is 26.7 Å². The Morgan fingerprint density at radius 3 is 2.41 bits per heavy atom. The number of benzene rings is 3. The third kappa shape index (κ3) is 4.66. The van der Waals surface area contributed by atoms with Crippen molar-refractivity contribution in [3.63, 3.8) is 0 Å². The third-order valence-electron chi connectivity index (χ3n) is 6.49. The Morgan fingerprint density at radius 2 is 1.65 bits per heavy atom. The summed E-state index contributed by atoms with van der Waals surface area (Å²) in [4.78, 5) is 30.3. The quantitative estimate of drug-likeness (QED) is 0.258. The Kier molecular flexibility index (Phi) is 6.28. The van der Waals surface area contributed by atoms with E-state index in [1.54, 1.807) is 12.1 Å². The minimum Gasteiger partial charge on any atom is -0.451 e. The second kappa shape index (κ2) is 9.74. The van der Waals surface area contributed by atoms with E-state index in [1.165, 1.54) is 11.3 Å². The van der Waals surface area contributed by atoms with Crippen molar-refractivity contribution in [3.8, 4) is 0 Å². The highest BCUT2D eigenvalue weighted by Crippen LogP contribution is 2.37. The molecule has 0 aliphatic carbocycles. The lowest BCUT2D eigenvalue weighted by molar-refractivity contribution is 0.0717. The number of para-hydroxylation sites is 1. The molecule has 3 heterocycles. The van der Waals surface area contributed by atoms with Crippen molar-refractivity contribution in [2.45, 2.75) is 0 Å². The summed E-state index contributed by atoms with van der Waals surface area (Å²) in [7, 11) is 0. The first kappa shape index (κ1) is 23.9. The Bertz CT molecular complexity index is 1600. The van der Waals surface area contributed by atoms with Gasteiger partial charge in [-0.15, -0.1) is 11.3 Å². The lowest BCUT2D eigenvalue weighted by atomic mass is 10.2. The van der Waals surface area contributed by atoms with Gasteiger partial charge in [0.05, 0.1) is 5.02 Å². The number of piperazine rings is 1. The molecule has 0 atom stereocenters. The number of rotatable bonds is 4. The maximum absolute atomic E-state index is 12.9. The number of anilines is 2. The molecule has 5 aromatic rings. The number of carbonyl (C=O) groups excluding carboxylic acids is 2. The van der Waals surface area contributed by atoms with Gasteiger partial charge in [0.15, 0.2) is 5.76 Å². The molecule has 0 spiro atoms. The topological polar surface area (TPSA) is 65.8 Å². The number of thiophene rings is 1. The smallest absolute Gasteiger partial charge is 0.289 e. The second-order valence-electron chi connectivity index (χ2n) is 8.81. The first-order valence-corrected chi connectivity index (χ1v) is 13.4. The van der Waals surface area contributed by atoms with Gasteiger partial charge in [-0.05, 0) is 48.5 Å². The molecule has 1 aliphatic heterocycles. The minimum atomic E-state index is -0.257. The summed E-state index contributed by atoms with van der Waals surface area (Å²) in [6, 6.07) is 22.5. The summed E-state index contributed by atoms with van der Waals surface area (Å²) < 4.78 is 6.62. The van der Waals surface area contributed by atoms with Crippen LogP contribution in [0.25, 0.3) is 21.1 Å². The molecule has 186 valence electrons. The molecule has 6 rings (SSSR count). The number of halogens is 2. The number of nitrogens with one attached hydrogen (secondary N) is 1. The lowest BCUT2D eigenvalue weighted by Crippen LogP contribution is -2.48. The van der Waals surface area contributed by atoms with Crippen molar-refractivity contribution in [1.29, 1.82) is 0 Å². The number of furan rings is 1. The predicted octanol–water partition coefficient (Wildman–Crippen LogP) is 7.17. The summed E-state index contributed by atoms with van der Waals surface area (Å²) in [5.41, 5.74) is 2.43. The van der Waals surface area contributed by atoms with Crippen LogP contribution in [0, 0.1) is 0 Å². The van der Waals surface area contributed by atoms with Crippen LogP contribution in [0.4, 0.5) is 11.4 Å². The maximum Gasteiger partial charge on any atom is 0.289 e. The monoisotopic (exact) mass is 549 g/mol. The molecule has 37 heavy (non-hydrogen) atoms. The SMILES string of the molecule is O=C(Nc1ccc(N2CCN(C(=O)c3cc4ccccc4o3)CC2)cc1)c1sc2cc(Cl)ccc2c1Cl. The Morgan fingerprint density at radius 1 is 0.892 bits per heavy atom. The largest absolute Gasteiger partial charge is 0.451 e. The van der Waals surface area contributed by atoms with Gasteiger partial charge in [0.2, 0.25) is 0 Å². The zero-order valence-corrected chi connectivity index (χ0v) is 21.9. The van der Waals surface area contributed by atoms with Crippen LogP contribution < -0.4 is 10.2 Å². The molecule has 6 nitrogen and oxygen atoms in total. The third-order valence-corrected chi connectivity index (χ3v) is 8.38. The highest BCUT2D eigenvalue weighted by Gasteiger charge is 2.25. The molecule has 1 fully saturated rings. The van der Waals surface area contributed by atoms with E-state index in [-0.39, 0.29) is 11.8 Å². The van der Waals surface area contributed by atoms with Crippen molar-refractivity contribution in [3.05, 3.63) is 93.5 Å². The zero-order valence-electron chi connectivity index (χ0n) is 19.5. The predicted molar refractivity (Wildman–Crippen MR) is 151 cm³/mol. The molecule has 2 amide bonds. The van der Waals surface area contributed by atoms with Gasteiger partial charge >= 0.3 is 0 Å². The van der Waals surface area contributed by atoms with Crippen molar-refractivity contribution in [2.24, 2.45) is 0 Å². The summed E-state index contributed by atoms with van der Waals surface area (Å²) in [5.74, 6) is 0.0282. The molecular weight excluding hydrogens is 529 g/mol. The Hall–Kier alpha value is -3.52. The Balaban J connectivity index is 1.08. The number of hydrogen-bond donors (Lipinski definition) is 1. The van der Waals surface area contributed by atoms with E-state index in [1.807, 2.05) is 65.6 Å². The highest BCUT2D eigenvalue weighted by atomic mass is 35.5. The minimum absolute atomic E-state index is 0.0870. The van der Waals surface area contributed by atoms with Crippen molar-refractivity contribution in [1.82, 2.24) is 4.90 Å². The van der Waals surface area contributed by atoms with Gasteiger partial charge in [0.1, 0.15) is 10.5 Å². The average Bonchev–Trinajstić information content (AvgIpc) is 3.50. The molecular formula is C28H21Cl2N3O3S. The van der Waals surface area contributed by atoms with Crippen LogP contribution in [-0.2, 0) is 0 Å². The van der Waals surface area contributed by atoms with Crippen molar-refractivity contribution < 1.29 is 14.0 Å². The molecule has 0 radical (unpaired) electrons. The summed E-state index contributed by atoms with van der Waals surface area (Å²) in [6.07, 6.45) is 0. The molecule has 1 N–H and O–H groups in total. The van der Waals surface area contributed by atoms with E-state index in [4.69, 9.17) is 27.6 Å². The first-order valence-electron chi connectivity index (χ1n) is 11.8. The highest BCUT2D eigenvalue weighted by molar-refractivity contribution is 7.21. The fourth-order valence-electron chi connectivity index (χ4n) is 4.54. The van der Waals surface area contributed by atoms with Crippen LogP contribution in [0.5, 0.6) is 0 Å². The number of hydrogen-bond acceptors (Lipinski definition) is 5. The molecule has 9 heteroatoms. The number of nitrogens with zero attached hydrogens (tertiary/aromatic N) is 2. The van der Waals surface area contributed by atoms with Gasteiger partial charge in [0.25, 0.3) is 11.8 Å². The number of amides is 2. The Labute approximate surface area is 227 Å². The standard InChI is InChI=1S/C28H21Cl2N3O3S/c29-18-5-10-21-24(16-18)37-26(25(21)30)27(34)31-19-6-8-20(9-7-19)32-11-13-33(14-12-32)28(35)23-15-17-3-1-2-4-22(17)36-23/h1-10,15-16H,11-14H2,(H,31,34). The normalized spacial score (nSPS) is 13.9. The van der Waals surface area contributed by atoms with E-state index >= 15 is 0 Å². The number of carbonyl (C=O) groups is 2. The van der Waals surface area contributed by atoms with Crippen LogP contribution in [-0.4, -0.2) is 42.9 Å². The van der Waals surface area contributed by atoms with Gasteiger partial charge in [-0.2, -0.15) is 0 Å². The van der Waals surface area contributed by atoms with E-state index in [2.05, 4.69) is 10.2 Å². The van der Waals surface area contributed by atoms with Crippen molar-refractivity contribution >= 4 is 78.8 Å². The molecule has 2 aromatic heterocycles. The van der Waals surface area contributed by atoms with Gasteiger partial charge in [0, 0.05) is 58.0 Å². The second-order valence-corrected chi connectivity index (χ2v) is 10.7. The van der Waals surface area contributed by atoms with Crippen LogP contribution in [0.3, 0.4) is 0 Å². The van der Waals surface area contributed by atoms with Gasteiger partial charge in [-0.25, -0.2) is 0 Å². The molecule has 0 bridgehead atoms. The maximum atomic E-state index is 12.9. The molecule has 1 saturated heterocycles. The van der Waals surface area contributed by atoms with Crippen molar-refractivity contribution in [2.75, 3.05) is 36.4 Å². The fraction of sp³-hybridized carbons (Fsp3) is 0.143. The molecule has 0 unspecified atom stereocenters. The lowest BCUT2D eigenvalue weighted by Gasteiger charge is -2.35. The van der Waals surface area contributed by atoms with Gasteiger partial charge < -0.3 is 19.5 Å². The summed E-state index contributed by atoms with van der Waals surface area (Å²) in [6.45, 7) is 2.61. The summed E-state index contributed by atoms with van der Waals surface area (Å²) >= 11 is 13.8.